The highest BCUT2D eigenvalue weighted by molar-refractivity contribution is 8.13. The number of halogens is 2. The van der Waals surface area contributed by atoms with E-state index >= 15 is 0 Å². The van der Waals surface area contributed by atoms with Crippen LogP contribution in [0.25, 0.3) is 0 Å². The molecule has 0 radical (unpaired) electrons. The van der Waals surface area contributed by atoms with Crippen molar-refractivity contribution >= 4 is 22.6 Å². The minimum atomic E-state index is -2.94. The van der Waals surface area contributed by atoms with Gasteiger partial charge >= 0.3 is 11.8 Å². The molecule has 0 saturated heterocycles. The highest BCUT2D eigenvalue weighted by atomic mass is 32.2. The van der Waals surface area contributed by atoms with Crippen LogP contribution in [0.15, 0.2) is 54.6 Å². The van der Waals surface area contributed by atoms with E-state index in [2.05, 4.69) is 4.74 Å². The van der Waals surface area contributed by atoms with Crippen molar-refractivity contribution < 1.29 is 23.2 Å². The molecule has 26 heavy (non-hydrogen) atoms. The van der Waals surface area contributed by atoms with Crippen LogP contribution in [-0.2, 0) is 5.72 Å². The molecule has 0 amide bonds. The van der Waals surface area contributed by atoms with E-state index in [1.165, 1.54) is 6.07 Å². The average Bonchev–Trinajstić information content (AvgIpc) is 2.97. The van der Waals surface area contributed by atoms with E-state index in [1.807, 2.05) is 39.8 Å². The summed E-state index contributed by atoms with van der Waals surface area (Å²) in [4.78, 5) is 2.04. The van der Waals surface area contributed by atoms with Crippen LogP contribution < -0.4 is 9.64 Å². The molecule has 0 fully saturated rings. The molecule has 0 saturated carbocycles. The molecule has 136 valence electrons. The Balaban J connectivity index is 1.81. The monoisotopic (exact) mass is 377 g/mol. The van der Waals surface area contributed by atoms with Gasteiger partial charge in [-0.2, -0.15) is 8.78 Å². The fourth-order valence-electron chi connectivity index (χ4n) is 3.54. The van der Waals surface area contributed by atoms with Gasteiger partial charge in [0.25, 0.3) is 5.72 Å². The molecule has 0 spiro atoms. The van der Waals surface area contributed by atoms with Crippen LogP contribution in [0.1, 0.15) is 12.0 Å². The zero-order valence-corrected chi connectivity index (χ0v) is 14.8. The first-order valence-electron chi connectivity index (χ1n) is 8.46. The Bertz CT molecular complexity index is 831. The molecule has 4 nitrogen and oxygen atoms in total. The second kappa shape index (κ2) is 6.89. The molecular formula is C19H19F2N2O2S+. The van der Waals surface area contributed by atoms with Gasteiger partial charge in [-0.25, -0.2) is 9.48 Å². The number of para-hydroxylation sites is 2. The van der Waals surface area contributed by atoms with Crippen molar-refractivity contribution in [1.29, 1.82) is 0 Å². The fourth-order valence-corrected chi connectivity index (χ4v) is 4.72. The maximum atomic E-state index is 12.8. The number of amidine groups is 1. The van der Waals surface area contributed by atoms with Gasteiger partial charge in [0.05, 0.1) is 12.1 Å². The summed E-state index contributed by atoms with van der Waals surface area (Å²) in [6.45, 7) is -2.03. The highest BCUT2D eigenvalue weighted by Crippen LogP contribution is 2.40. The summed E-state index contributed by atoms with van der Waals surface area (Å²) >= 11 is 1.67. The molecule has 0 bridgehead atoms. The van der Waals surface area contributed by atoms with E-state index in [9.17, 15) is 13.9 Å². The lowest BCUT2D eigenvalue weighted by Crippen LogP contribution is -2.42. The van der Waals surface area contributed by atoms with Gasteiger partial charge in [0.15, 0.2) is 6.54 Å². The van der Waals surface area contributed by atoms with Gasteiger partial charge in [0.2, 0.25) is 0 Å². The Morgan fingerprint density at radius 2 is 1.85 bits per heavy atom. The molecule has 7 heteroatoms. The molecule has 0 unspecified atom stereocenters. The van der Waals surface area contributed by atoms with Crippen molar-refractivity contribution in [3.8, 4) is 5.75 Å². The number of anilines is 1. The first kappa shape index (κ1) is 17.3. The number of aliphatic hydroxyl groups is 1. The number of β-amino-alcohol motifs (C(OH)–C–C–N with tert-alkyl or cyclic N) is 1. The summed E-state index contributed by atoms with van der Waals surface area (Å²) in [7, 11) is 0. The predicted molar refractivity (Wildman–Crippen MR) is 98.0 cm³/mol. The van der Waals surface area contributed by atoms with Crippen molar-refractivity contribution in [2.45, 2.75) is 18.8 Å². The predicted octanol–water partition coefficient (Wildman–Crippen LogP) is 3.46. The Hall–Kier alpha value is -2.12. The summed E-state index contributed by atoms with van der Waals surface area (Å²) in [6, 6.07) is 16.3. The summed E-state index contributed by atoms with van der Waals surface area (Å²) in [5, 5.41) is 12.5. The van der Waals surface area contributed by atoms with Gasteiger partial charge in [0, 0.05) is 5.75 Å². The van der Waals surface area contributed by atoms with Crippen LogP contribution in [0.4, 0.5) is 14.5 Å². The van der Waals surface area contributed by atoms with Crippen LogP contribution in [0.3, 0.4) is 0 Å². The van der Waals surface area contributed by atoms with Crippen molar-refractivity contribution in [3.63, 3.8) is 0 Å². The quantitative estimate of drug-likeness (QED) is 0.828. The van der Waals surface area contributed by atoms with E-state index in [0.717, 1.165) is 23.0 Å². The Morgan fingerprint density at radius 1 is 1.12 bits per heavy atom. The SMILES string of the molecule is O[C@@]1(c2ccccc2OC(F)F)CN(c2ccccc2)C2=[N+]1CCCS2. The standard InChI is InChI=1S/C19H19F2N2O2S/c20-17(21)25-16-10-5-4-9-15(16)19(24)13-22(14-7-2-1-3-8-14)18-23(19)11-6-12-26-18/h1-5,7-10,17,24H,6,11-13H2/q+1/t19-/m1/s1. The van der Waals surface area contributed by atoms with Crippen LogP contribution >= 0.6 is 11.8 Å². The van der Waals surface area contributed by atoms with E-state index < -0.39 is 12.3 Å². The van der Waals surface area contributed by atoms with Crippen LogP contribution in [0.5, 0.6) is 5.75 Å². The first-order valence-corrected chi connectivity index (χ1v) is 9.45. The molecule has 2 aliphatic heterocycles. The number of benzene rings is 2. The Kier molecular flexibility index (Phi) is 4.58. The summed E-state index contributed by atoms with van der Waals surface area (Å²) in [5.74, 6) is 0.968. The second-order valence-electron chi connectivity index (χ2n) is 6.25. The van der Waals surface area contributed by atoms with Crippen molar-refractivity contribution in [2.75, 3.05) is 23.7 Å². The van der Waals surface area contributed by atoms with Crippen molar-refractivity contribution in [1.82, 2.24) is 0 Å². The molecule has 2 aromatic rings. The largest absolute Gasteiger partial charge is 0.434 e. The molecule has 2 aliphatic rings. The van der Waals surface area contributed by atoms with Crippen LogP contribution in [0.2, 0.25) is 0 Å². The third kappa shape index (κ3) is 2.95. The lowest BCUT2D eigenvalue weighted by Gasteiger charge is -2.26. The number of hydrogen-bond acceptors (Lipinski definition) is 4. The number of alkyl halides is 2. The summed E-state index contributed by atoms with van der Waals surface area (Å²) in [5.41, 5.74) is -0.104. The van der Waals surface area contributed by atoms with Gasteiger partial charge in [-0.1, -0.05) is 30.3 Å². The van der Waals surface area contributed by atoms with E-state index in [0.29, 0.717) is 12.1 Å². The zero-order valence-electron chi connectivity index (χ0n) is 14.0. The topological polar surface area (TPSA) is 35.7 Å². The number of ether oxygens (including phenoxy) is 1. The minimum absolute atomic E-state index is 0.00911. The van der Waals surface area contributed by atoms with Gasteiger partial charge in [-0.05, 0) is 42.4 Å². The molecule has 2 aromatic carbocycles. The molecular weight excluding hydrogens is 358 g/mol. The van der Waals surface area contributed by atoms with E-state index in [1.54, 1.807) is 30.0 Å². The second-order valence-corrected chi connectivity index (χ2v) is 7.31. The van der Waals surface area contributed by atoms with Crippen molar-refractivity contribution in [2.24, 2.45) is 0 Å². The normalized spacial score (nSPS) is 22.7. The van der Waals surface area contributed by atoms with Gasteiger partial charge in [-0.3, -0.25) is 0 Å². The lowest BCUT2D eigenvalue weighted by molar-refractivity contribution is -0.656. The fraction of sp³-hybridized carbons (Fsp3) is 0.316. The lowest BCUT2D eigenvalue weighted by atomic mass is 10.0. The average molecular weight is 377 g/mol. The number of thioether (sulfide) groups is 1. The third-order valence-corrected chi connectivity index (χ3v) is 5.84. The maximum Gasteiger partial charge on any atom is 0.387 e. The summed E-state index contributed by atoms with van der Waals surface area (Å²) in [6.07, 6.45) is 0.914. The molecule has 1 N–H and O–H groups in total. The van der Waals surface area contributed by atoms with Crippen molar-refractivity contribution in [3.05, 3.63) is 60.2 Å². The Labute approximate surface area is 154 Å². The van der Waals surface area contributed by atoms with Gasteiger partial charge in [-0.15, -0.1) is 0 Å². The first-order chi connectivity index (χ1) is 12.6. The zero-order chi connectivity index (χ0) is 18.1. The van der Waals surface area contributed by atoms with Crippen LogP contribution in [-0.4, -0.2) is 40.3 Å². The summed E-state index contributed by atoms with van der Waals surface area (Å²) < 4.78 is 32.3. The van der Waals surface area contributed by atoms with E-state index in [-0.39, 0.29) is 12.3 Å². The number of rotatable bonds is 4. The van der Waals surface area contributed by atoms with Gasteiger partial charge < -0.3 is 9.84 Å². The molecule has 2 heterocycles. The minimum Gasteiger partial charge on any atom is -0.434 e. The number of hydrogen-bond donors (Lipinski definition) is 1. The molecule has 0 aromatic heterocycles. The third-order valence-electron chi connectivity index (χ3n) is 4.65. The highest BCUT2D eigenvalue weighted by Gasteiger charge is 2.54. The molecule has 0 aliphatic carbocycles. The van der Waals surface area contributed by atoms with Gasteiger partial charge in [0.1, 0.15) is 11.4 Å². The Morgan fingerprint density at radius 3 is 2.62 bits per heavy atom. The smallest absolute Gasteiger partial charge is 0.387 e. The molecule has 4 rings (SSSR count). The maximum absolute atomic E-state index is 12.8. The van der Waals surface area contributed by atoms with Crippen LogP contribution in [0, 0.1) is 0 Å². The molecule has 1 atom stereocenters. The van der Waals surface area contributed by atoms with E-state index in [4.69, 9.17) is 0 Å². The number of nitrogens with zero attached hydrogens (tertiary/aromatic N) is 2.